The number of carbonyl (C=O) groups is 2. The quantitative estimate of drug-likeness (QED) is 0.702. The van der Waals surface area contributed by atoms with Crippen LogP contribution in [0.15, 0.2) is 24.3 Å². The number of likely N-dealkylation sites (tertiary alicyclic amines) is 1. The van der Waals surface area contributed by atoms with E-state index in [4.69, 9.17) is 0 Å². The van der Waals surface area contributed by atoms with E-state index in [0.717, 1.165) is 44.2 Å². The van der Waals surface area contributed by atoms with Gasteiger partial charge in [0.15, 0.2) is 0 Å². The normalized spacial score (nSPS) is 31.3. The van der Waals surface area contributed by atoms with Crippen molar-refractivity contribution in [3.05, 3.63) is 29.8 Å². The van der Waals surface area contributed by atoms with Gasteiger partial charge in [0.2, 0.25) is 11.8 Å². The number of carbonyl (C=O) groups excluding carboxylic acids is 2. The van der Waals surface area contributed by atoms with Gasteiger partial charge in [-0.3, -0.25) is 9.59 Å². The number of anilines is 1. The molecule has 1 aromatic rings. The van der Waals surface area contributed by atoms with E-state index in [1.807, 2.05) is 18.2 Å². The van der Waals surface area contributed by atoms with Gasteiger partial charge >= 0.3 is 0 Å². The smallest absolute Gasteiger partial charge is 0.237 e. The Labute approximate surface area is 195 Å². The molecule has 2 bridgehead atoms. The number of nitriles is 1. The van der Waals surface area contributed by atoms with Crippen molar-refractivity contribution in [3.8, 4) is 6.07 Å². The van der Waals surface area contributed by atoms with Gasteiger partial charge in [0, 0.05) is 23.1 Å². The zero-order chi connectivity index (χ0) is 23.9. The molecule has 0 aromatic heterocycles. The molecule has 0 radical (unpaired) electrons. The molecule has 33 heavy (non-hydrogen) atoms. The summed E-state index contributed by atoms with van der Waals surface area (Å²) in [7, 11) is 0. The average molecular weight is 455 g/mol. The number of hydrogen-bond acceptors (Lipinski definition) is 4. The highest BCUT2D eigenvalue weighted by atomic mass is 19.1. The van der Waals surface area contributed by atoms with Crippen LogP contribution in [-0.4, -0.2) is 47.6 Å². The van der Waals surface area contributed by atoms with Gasteiger partial charge in [0.05, 0.1) is 19.2 Å². The molecule has 7 heteroatoms. The minimum atomic E-state index is -1.12. The second-order valence-corrected chi connectivity index (χ2v) is 11.2. The topological polar surface area (TPSA) is 85.2 Å². The summed E-state index contributed by atoms with van der Waals surface area (Å²) in [6.07, 6.45) is 3.86. The molecule has 5 rings (SSSR count). The summed E-state index contributed by atoms with van der Waals surface area (Å²) in [5.74, 6) is -0.117. The molecule has 2 amide bonds. The SMILES string of the molecule is CC(C)(C)c1ccc(NC(=O)C23CCC(NCC(=O)N4CC(F)C[C@H]4C#N)(CC2)CC3)cc1. The Kier molecular flexibility index (Phi) is 6.26. The van der Waals surface area contributed by atoms with E-state index in [1.54, 1.807) is 0 Å². The van der Waals surface area contributed by atoms with Crippen molar-refractivity contribution < 1.29 is 14.0 Å². The number of halogens is 1. The zero-order valence-electron chi connectivity index (χ0n) is 19.9. The first-order valence-corrected chi connectivity index (χ1v) is 12.1. The molecule has 1 saturated heterocycles. The van der Waals surface area contributed by atoms with Gasteiger partial charge in [-0.1, -0.05) is 32.9 Å². The van der Waals surface area contributed by atoms with Gasteiger partial charge in [-0.05, 0) is 61.6 Å². The molecule has 6 nitrogen and oxygen atoms in total. The van der Waals surface area contributed by atoms with Crippen molar-refractivity contribution in [1.82, 2.24) is 10.2 Å². The highest BCUT2D eigenvalue weighted by Gasteiger charge is 2.52. The van der Waals surface area contributed by atoms with Crippen LogP contribution in [0.5, 0.6) is 0 Å². The summed E-state index contributed by atoms with van der Waals surface area (Å²) in [5, 5.41) is 15.8. The highest BCUT2D eigenvalue weighted by Crippen LogP contribution is 2.52. The molecule has 3 saturated carbocycles. The van der Waals surface area contributed by atoms with E-state index in [9.17, 15) is 19.2 Å². The maximum atomic E-state index is 13.7. The minimum Gasteiger partial charge on any atom is -0.326 e. The monoisotopic (exact) mass is 454 g/mol. The second-order valence-electron chi connectivity index (χ2n) is 11.2. The van der Waals surface area contributed by atoms with Crippen molar-refractivity contribution in [2.45, 2.75) is 88.9 Å². The van der Waals surface area contributed by atoms with Crippen LogP contribution in [0.3, 0.4) is 0 Å². The Morgan fingerprint density at radius 3 is 2.27 bits per heavy atom. The van der Waals surface area contributed by atoms with Gasteiger partial charge in [-0.2, -0.15) is 5.26 Å². The third kappa shape index (κ3) is 4.77. The molecule has 1 aromatic carbocycles. The van der Waals surface area contributed by atoms with Crippen molar-refractivity contribution in [2.24, 2.45) is 5.41 Å². The van der Waals surface area contributed by atoms with E-state index in [1.165, 1.54) is 10.5 Å². The third-order valence-corrected chi connectivity index (χ3v) is 8.07. The maximum absolute atomic E-state index is 13.7. The molecule has 178 valence electrons. The lowest BCUT2D eigenvalue weighted by Crippen LogP contribution is -2.59. The van der Waals surface area contributed by atoms with Crippen molar-refractivity contribution in [2.75, 3.05) is 18.4 Å². The third-order valence-electron chi connectivity index (χ3n) is 8.07. The molecule has 0 spiro atoms. The van der Waals surface area contributed by atoms with Crippen LogP contribution in [0.1, 0.15) is 71.3 Å². The first-order valence-electron chi connectivity index (χ1n) is 12.1. The van der Waals surface area contributed by atoms with E-state index >= 15 is 0 Å². The second kappa shape index (κ2) is 8.72. The molecule has 4 aliphatic rings. The number of hydrogen-bond donors (Lipinski definition) is 2. The Morgan fingerprint density at radius 2 is 1.73 bits per heavy atom. The van der Waals surface area contributed by atoms with Crippen LogP contribution in [0.25, 0.3) is 0 Å². The largest absolute Gasteiger partial charge is 0.326 e. The van der Waals surface area contributed by atoms with E-state index < -0.39 is 12.2 Å². The van der Waals surface area contributed by atoms with Crippen LogP contribution < -0.4 is 10.6 Å². The number of rotatable bonds is 5. The molecule has 1 heterocycles. The van der Waals surface area contributed by atoms with Gasteiger partial charge < -0.3 is 15.5 Å². The summed E-state index contributed by atoms with van der Waals surface area (Å²) in [5.41, 5.74) is 1.64. The lowest BCUT2D eigenvalue weighted by atomic mass is 9.57. The first-order chi connectivity index (χ1) is 15.6. The van der Waals surface area contributed by atoms with Crippen molar-refractivity contribution in [1.29, 1.82) is 5.26 Å². The summed E-state index contributed by atoms with van der Waals surface area (Å²) in [6.45, 7) is 6.63. The lowest BCUT2D eigenvalue weighted by molar-refractivity contribution is -0.135. The standard InChI is InChI=1S/C26H35FN4O2/c1-24(2,3)18-4-6-20(7-5-18)30-23(33)25-8-11-26(12-9-25,13-10-25)29-16-22(32)31-17-19(27)14-21(31)15-28/h4-7,19,21,29H,8-14,16-17H2,1-3H3,(H,30,33)/t19?,21-,25?,26?/m0/s1. The highest BCUT2D eigenvalue weighted by molar-refractivity contribution is 5.95. The van der Waals surface area contributed by atoms with Crippen molar-refractivity contribution in [3.63, 3.8) is 0 Å². The fourth-order valence-corrected chi connectivity index (χ4v) is 5.66. The molecule has 1 unspecified atom stereocenters. The molecule has 3 aliphatic carbocycles. The van der Waals surface area contributed by atoms with E-state index in [2.05, 4.69) is 43.5 Å². The Morgan fingerprint density at radius 1 is 1.12 bits per heavy atom. The number of fused-ring (bicyclic) bond motifs is 3. The molecular weight excluding hydrogens is 419 g/mol. The predicted octanol–water partition coefficient (Wildman–Crippen LogP) is 4.07. The average Bonchev–Trinajstić information content (AvgIpc) is 3.19. The predicted molar refractivity (Wildman–Crippen MR) is 125 cm³/mol. The number of nitrogens with zero attached hydrogens (tertiary/aromatic N) is 2. The maximum Gasteiger partial charge on any atom is 0.237 e. The number of benzene rings is 1. The van der Waals surface area contributed by atoms with Crippen LogP contribution in [0.4, 0.5) is 10.1 Å². The van der Waals surface area contributed by atoms with E-state index in [0.29, 0.717) is 0 Å². The lowest BCUT2D eigenvalue weighted by Gasteiger charge is -2.52. The minimum absolute atomic E-state index is 0.00571. The summed E-state index contributed by atoms with van der Waals surface area (Å²) in [4.78, 5) is 27.2. The number of nitrogens with one attached hydrogen (secondary N) is 2. The zero-order valence-corrected chi connectivity index (χ0v) is 19.9. The van der Waals surface area contributed by atoms with Crippen LogP contribution in [0.2, 0.25) is 0 Å². The fourth-order valence-electron chi connectivity index (χ4n) is 5.66. The molecular formula is C26H35FN4O2. The summed E-state index contributed by atoms with van der Waals surface area (Å²) >= 11 is 0. The first kappa shape index (κ1) is 23.7. The van der Waals surface area contributed by atoms with E-state index in [-0.39, 0.29) is 47.7 Å². The van der Waals surface area contributed by atoms with Gasteiger partial charge in [0.25, 0.3) is 0 Å². The number of alkyl halides is 1. The fraction of sp³-hybridized carbons (Fsp3) is 0.654. The Hall–Kier alpha value is -2.46. The molecule has 1 aliphatic heterocycles. The Balaban J connectivity index is 1.31. The van der Waals surface area contributed by atoms with Crippen molar-refractivity contribution >= 4 is 17.5 Å². The number of amides is 2. The molecule has 2 N–H and O–H groups in total. The van der Waals surface area contributed by atoms with Crippen LogP contribution in [0, 0.1) is 16.7 Å². The van der Waals surface area contributed by atoms with Crippen LogP contribution in [-0.2, 0) is 15.0 Å². The summed E-state index contributed by atoms with van der Waals surface area (Å²) < 4.78 is 13.7. The van der Waals surface area contributed by atoms with Crippen LogP contribution >= 0.6 is 0 Å². The summed E-state index contributed by atoms with van der Waals surface area (Å²) in [6, 6.07) is 9.47. The van der Waals surface area contributed by atoms with Gasteiger partial charge in [0.1, 0.15) is 12.2 Å². The Bertz CT molecular complexity index is 922. The van der Waals surface area contributed by atoms with Gasteiger partial charge in [-0.15, -0.1) is 0 Å². The molecule has 2 atom stereocenters. The molecule has 4 fully saturated rings. The van der Waals surface area contributed by atoms with Gasteiger partial charge in [-0.25, -0.2) is 4.39 Å².